The number of nitrogens with two attached hydrogens (primary N) is 1. The van der Waals surface area contributed by atoms with Crippen molar-refractivity contribution in [2.75, 3.05) is 11.9 Å². The molecule has 104 valence electrons. The molecule has 0 heterocycles. The van der Waals surface area contributed by atoms with Gasteiger partial charge >= 0.3 is 0 Å². The third-order valence-corrected chi connectivity index (χ3v) is 3.25. The Morgan fingerprint density at radius 2 is 2.00 bits per heavy atom. The number of Topliss-reactive ketones (excluding diaryl/α,β-unsaturated/α-hetero) is 1. The van der Waals surface area contributed by atoms with Crippen LogP contribution in [0.2, 0.25) is 0 Å². The Morgan fingerprint density at radius 3 is 2.53 bits per heavy atom. The first-order valence-electron chi connectivity index (χ1n) is 6.55. The molecule has 0 fully saturated rings. The molecule has 0 spiro atoms. The van der Waals surface area contributed by atoms with Crippen molar-refractivity contribution in [3.05, 3.63) is 29.8 Å². The van der Waals surface area contributed by atoms with E-state index in [1.807, 2.05) is 0 Å². The van der Waals surface area contributed by atoms with E-state index in [4.69, 9.17) is 5.73 Å². The number of ketones is 1. The Kier molecular flexibility index (Phi) is 5.70. The van der Waals surface area contributed by atoms with Gasteiger partial charge in [-0.15, -0.1) is 0 Å². The molecule has 1 aromatic carbocycles. The fourth-order valence-electron chi connectivity index (χ4n) is 1.86. The van der Waals surface area contributed by atoms with Gasteiger partial charge < -0.3 is 11.1 Å². The van der Waals surface area contributed by atoms with Gasteiger partial charge in [0.25, 0.3) is 0 Å². The zero-order valence-corrected chi connectivity index (χ0v) is 11.8. The zero-order chi connectivity index (χ0) is 14.4. The molecule has 0 aromatic heterocycles. The van der Waals surface area contributed by atoms with E-state index in [1.165, 1.54) is 6.92 Å². The molecule has 0 saturated carbocycles. The number of benzene rings is 1. The number of hydrogen-bond acceptors (Lipinski definition) is 3. The van der Waals surface area contributed by atoms with Crippen LogP contribution in [0.15, 0.2) is 24.3 Å². The van der Waals surface area contributed by atoms with Crippen LogP contribution in [0.25, 0.3) is 0 Å². The van der Waals surface area contributed by atoms with Crippen LogP contribution in [0.3, 0.4) is 0 Å². The maximum Gasteiger partial charge on any atom is 0.224 e. The van der Waals surface area contributed by atoms with Crippen molar-refractivity contribution in [3.8, 4) is 0 Å². The van der Waals surface area contributed by atoms with E-state index in [0.29, 0.717) is 30.1 Å². The summed E-state index contributed by atoms with van der Waals surface area (Å²) in [5, 5.41) is 2.81. The van der Waals surface area contributed by atoms with Gasteiger partial charge in [-0.2, -0.15) is 0 Å². The van der Waals surface area contributed by atoms with Gasteiger partial charge in [-0.05, 0) is 37.4 Å². The third-order valence-electron chi connectivity index (χ3n) is 3.25. The predicted octanol–water partition coefficient (Wildman–Crippen LogP) is 2.45. The summed E-state index contributed by atoms with van der Waals surface area (Å²) in [7, 11) is 0. The van der Waals surface area contributed by atoms with Crippen molar-refractivity contribution < 1.29 is 9.59 Å². The molecule has 0 aliphatic carbocycles. The Balaban J connectivity index is 2.66. The highest BCUT2D eigenvalue weighted by atomic mass is 16.1. The van der Waals surface area contributed by atoms with Gasteiger partial charge in [0.2, 0.25) is 5.91 Å². The van der Waals surface area contributed by atoms with Crippen LogP contribution >= 0.6 is 0 Å². The second-order valence-corrected chi connectivity index (χ2v) is 5.13. The van der Waals surface area contributed by atoms with Gasteiger partial charge in [-0.25, -0.2) is 0 Å². The fraction of sp³-hybridized carbons (Fsp3) is 0.467. The Labute approximate surface area is 114 Å². The van der Waals surface area contributed by atoms with Crippen LogP contribution < -0.4 is 11.1 Å². The molecule has 1 aromatic rings. The first-order valence-corrected chi connectivity index (χ1v) is 6.55. The number of hydrogen-bond donors (Lipinski definition) is 2. The Morgan fingerprint density at radius 1 is 1.32 bits per heavy atom. The molecule has 19 heavy (non-hydrogen) atoms. The summed E-state index contributed by atoms with van der Waals surface area (Å²) in [6.45, 7) is 6.12. The Hall–Kier alpha value is -1.68. The molecular formula is C15H22N2O2. The summed E-state index contributed by atoms with van der Waals surface area (Å²) in [5.41, 5.74) is 6.90. The lowest BCUT2D eigenvalue weighted by Gasteiger charge is -2.18. The molecule has 3 N–H and O–H groups in total. The number of amides is 1. The summed E-state index contributed by atoms with van der Waals surface area (Å²) in [6, 6.07) is 6.95. The molecule has 1 unspecified atom stereocenters. The molecule has 1 rings (SSSR count). The van der Waals surface area contributed by atoms with Gasteiger partial charge in [-0.1, -0.05) is 26.0 Å². The highest BCUT2D eigenvalue weighted by Gasteiger charge is 2.16. The summed E-state index contributed by atoms with van der Waals surface area (Å²) in [5.74, 6) is 0.471. The van der Waals surface area contributed by atoms with E-state index in [-0.39, 0.29) is 17.6 Å². The van der Waals surface area contributed by atoms with Crippen LogP contribution in [0.4, 0.5) is 5.69 Å². The van der Waals surface area contributed by atoms with Crippen molar-refractivity contribution in [3.63, 3.8) is 0 Å². The minimum absolute atomic E-state index is 0.0156. The normalized spacial score (nSPS) is 12.3. The summed E-state index contributed by atoms with van der Waals surface area (Å²) >= 11 is 0. The van der Waals surface area contributed by atoms with E-state index in [9.17, 15) is 9.59 Å². The van der Waals surface area contributed by atoms with Crippen molar-refractivity contribution in [2.45, 2.75) is 27.2 Å². The van der Waals surface area contributed by atoms with Crippen molar-refractivity contribution >= 4 is 17.4 Å². The quantitative estimate of drug-likeness (QED) is 0.773. The first-order chi connectivity index (χ1) is 8.93. The highest BCUT2D eigenvalue weighted by Crippen LogP contribution is 2.16. The fourth-order valence-corrected chi connectivity index (χ4v) is 1.86. The van der Waals surface area contributed by atoms with Crippen LogP contribution in [0, 0.1) is 11.8 Å². The maximum atomic E-state index is 11.9. The summed E-state index contributed by atoms with van der Waals surface area (Å²) < 4.78 is 0. The second kappa shape index (κ2) is 7.04. The van der Waals surface area contributed by atoms with E-state index in [1.54, 1.807) is 24.3 Å². The lowest BCUT2D eigenvalue weighted by molar-refractivity contribution is -0.117. The summed E-state index contributed by atoms with van der Waals surface area (Å²) in [6.07, 6.45) is 0.401. The lowest BCUT2D eigenvalue weighted by Crippen LogP contribution is -2.26. The Bertz CT molecular complexity index is 455. The monoisotopic (exact) mass is 262 g/mol. The predicted molar refractivity (Wildman–Crippen MR) is 77.1 cm³/mol. The molecule has 0 radical (unpaired) electrons. The van der Waals surface area contributed by atoms with E-state index in [0.717, 1.165) is 0 Å². The molecule has 0 bridgehead atoms. The molecule has 1 amide bonds. The number of anilines is 1. The van der Waals surface area contributed by atoms with Crippen molar-refractivity contribution in [1.29, 1.82) is 0 Å². The smallest absolute Gasteiger partial charge is 0.224 e. The minimum Gasteiger partial charge on any atom is -0.330 e. The van der Waals surface area contributed by atoms with Crippen LogP contribution in [0.5, 0.6) is 0 Å². The minimum atomic E-state index is -0.0650. The van der Waals surface area contributed by atoms with Gasteiger partial charge in [0, 0.05) is 17.7 Å². The maximum absolute atomic E-state index is 11.9. The average Bonchev–Trinajstić information content (AvgIpc) is 2.35. The molecule has 0 saturated heterocycles. The van der Waals surface area contributed by atoms with Gasteiger partial charge in [0.1, 0.15) is 0 Å². The molecule has 4 nitrogen and oxygen atoms in total. The number of carbonyl (C=O) groups is 2. The van der Waals surface area contributed by atoms with Crippen molar-refractivity contribution in [1.82, 2.24) is 0 Å². The van der Waals surface area contributed by atoms with E-state index in [2.05, 4.69) is 19.2 Å². The van der Waals surface area contributed by atoms with Gasteiger partial charge in [0.15, 0.2) is 5.78 Å². The number of rotatable bonds is 6. The van der Waals surface area contributed by atoms with Crippen LogP contribution in [-0.2, 0) is 4.79 Å². The third kappa shape index (κ3) is 4.83. The SMILES string of the molecule is CC(=O)c1cccc(NC(=O)CC(CN)C(C)C)c1. The van der Waals surface area contributed by atoms with Gasteiger partial charge in [0.05, 0.1) is 0 Å². The number of carbonyl (C=O) groups excluding carboxylic acids is 2. The molecule has 1 atom stereocenters. The zero-order valence-electron chi connectivity index (χ0n) is 11.8. The lowest BCUT2D eigenvalue weighted by atomic mass is 9.92. The van der Waals surface area contributed by atoms with E-state index < -0.39 is 0 Å². The van der Waals surface area contributed by atoms with Crippen LogP contribution in [-0.4, -0.2) is 18.2 Å². The largest absolute Gasteiger partial charge is 0.330 e. The number of nitrogens with one attached hydrogen (secondary N) is 1. The highest BCUT2D eigenvalue weighted by molar-refractivity contribution is 5.97. The van der Waals surface area contributed by atoms with Crippen molar-refractivity contribution in [2.24, 2.45) is 17.6 Å². The molecule has 4 heteroatoms. The molecular weight excluding hydrogens is 240 g/mol. The first kappa shape index (κ1) is 15.4. The molecule has 0 aliphatic heterocycles. The molecule has 0 aliphatic rings. The standard InChI is InChI=1S/C15H22N2O2/c1-10(2)13(9-16)8-15(19)17-14-6-4-5-12(7-14)11(3)18/h4-7,10,13H,8-9,16H2,1-3H3,(H,17,19). The second-order valence-electron chi connectivity index (χ2n) is 5.13. The van der Waals surface area contributed by atoms with Gasteiger partial charge in [-0.3, -0.25) is 9.59 Å². The average molecular weight is 262 g/mol. The topological polar surface area (TPSA) is 72.2 Å². The summed E-state index contributed by atoms with van der Waals surface area (Å²) in [4.78, 5) is 23.2. The van der Waals surface area contributed by atoms with E-state index >= 15 is 0 Å². The van der Waals surface area contributed by atoms with Crippen LogP contribution in [0.1, 0.15) is 37.6 Å².